The maximum Gasteiger partial charge on any atom is 0.229 e. The molecule has 4 heterocycles. The van der Waals surface area contributed by atoms with Gasteiger partial charge in [0, 0.05) is 50.2 Å². The molecule has 142 valence electrons. The van der Waals surface area contributed by atoms with Gasteiger partial charge in [0.1, 0.15) is 0 Å². The van der Waals surface area contributed by atoms with Crippen molar-refractivity contribution in [3.8, 4) is 0 Å². The number of nitrogens with zero attached hydrogens (tertiary/aromatic N) is 4. The number of benzene rings is 1. The van der Waals surface area contributed by atoms with Gasteiger partial charge in [-0.05, 0) is 31.4 Å². The third-order valence-corrected chi connectivity index (χ3v) is 6.20. The molecule has 6 heteroatoms. The van der Waals surface area contributed by atoms with Gasteiger partial charge in [-0.1, -0.05) is 18.2 Å². The summed E-state index contributed by atoms with van der Waals surface area (Å²) in [6, 6.07) is 11.1. The zero-order chi connectivity index (χ0) is 18.1. The molecule has 0 saturated carbocycles. The van der Waals surface area contributed by atoms with Crippen molar-refractivity contribution >= 4 is 11.6 Å². The van der Waals surface area contributed by atoms with Crippen molar-refractivity contribution in [3.05, 3.63) is 48.3 Å². The fourth-order valence-electron chi connectivity index (χ4n) is 4.74. The van der Waals surface area contributed by atoms with Crippen molar-refractivity contribution in [3.63, 3.8) is 0 Å². The second-order valence-electron chi connectivity index (χ2n) is 7.61. The Labute approximate surface area is 160 Å². The number of likely N-dealkylation sites (tertiary alicyclic amines) is 1. The van der Waals surface area contributed by atoms with Crippen molar-refractivity contribution in [2.75, 3.05) is 44.4 Å². The Morgan fingerprint density at radius 1 is 0.963 bits per heavy atom. The molecule has 5 rings (SSSR count). The summed E-state index contributed by atoms with van der Waals surface area (Å²) in [6.07, 6.45) is 6.79. The van der Waals surface area contributed by atoms with Crippen LogP contribution in [0.2, 0.25) is 0 Å². The molecule has 0 N–H and O–H groups in total. The number of hydrogen-bond donors (Lipinski definition) is 0. The number of fused-ring (bicyclic) bond motifs is 2. The lowest BCUT2D eigenvalue weighted by Crippen LogP contribution is -2.48. The predicted octanol–water partition coefficient (Wildman–Crippen LogP) is 2.72. The molecule has 0 radical (unpaired) electrons. The highest BCUT2D eigenvalue weighted by molar-refractivity contribution is 5.64. The van der Waals surface area contributed by atoms with Gasteiger partial charge in [-0.2, -0.15) is 0 Å². The summed E-state index contributed by atoms with van der Waals surface area (Å²) in [4.78, 5) is 13.7. The SMILES string of the molecule is c1cnc(N2CCOC3(CCN(C4CCOC4)CC3)c3ccccc32)nc1. The van der Waals surface area contributed by atoms with Crippen molar-refractivity contribution < 1.29 is 9.47 Å². The third-order valence-electron chi connectivity index (χ3n) is 6.20. The van der Waals surface area contributed by atoms with Crippen molar-refractivity contribution in [2.24, 2.45) is 0 Å². The van der Waals surface area contributed by atoms with Crippen LogP contribution in [0.15, 0.2) is 42.7 Å². The fourth-order valence-corrected chi connectivity index (χ4v) is 4.74. The van der Waals surface area contributed by atoms with Crippen molar-refractivity contribution in [1.82, 2.24) is 14.9 Å². The molecule has 1 spiro atoms. The summed E-state index contributed by atoms with van der Waals surface area (Å²) >= 11 is 0. The summed E-state index contributed by atoms with van der Waals surface area (Å²) in [5.74, 6) is 0.742. The lowest BCUT2D eigenvalue weighted by atomic mass is 9.82. The van der Waals surface area contributed by atoms with E-state index >= 15 is 0 Å². The zero-order valence-electron chi connectivity index (χ0n) is 15.6. The van der Waals surface area contributed by atoms with Crippen LogP contribution in [0.5, 0.6) is 0 Å². The smallest absolute Gasteiger partial charge is 0.229 e. The molecule has 2 saturated heterocycles. The average Bonchev–Trinajstić information content (AvgIpc) is 3.22. The van der Waals surface area contributed by atoms with E-state index in [0.717, 1.165) is 58.1 Å². The number of para-hydroxylation sites is 1. The maximum atomic E-state index is 6.57. The number of anilines is 2. The first-order valence-electron chi connectivity index (χ1n) is 9.96. The predicted molar refractivity (Wildman–Crippen MR) is 103 cm³/mol. The van der Waals surface area contributed by atoms with Gasteiger partial charge < -0.3 is 14.4 Å². The van der Waals surface area contributed by atoms with Crippen LogP contribution in [-0.2, 0) is 15.1 Å². The van der Waals surface area contributed by atoms with Crippen LogP contribution in [0.4, 0.5) is 11.6 Å². The summed E-state index contributed by atoms with van der Waals surface area (Å²) in [6.45, 7) is 5.35. The second kappa shape index (κ2) is 7.19. The Balaban J connectivity index is 1.45. The van der Waals surface area contributed by atoms with Gasteiger partial charge in [0.25, 0.3) is 0 Å². The van der Waals surface area contributed by atoms with E-state index in [2.05, 4.69) is 44.0 Å². The van der Waals surface area contributed by atoms with E-state index in [9.17, 15) is 0 Å². The highest BCUT2D eigenvalue weighted by Gasteiger charge is 2.43. The number of piperidine rings is 1. The standard InChI is InChI=1S/C21H26N4O2/c1-2-5-19-18(4-1)21(7-11-24(12-8-21)17-6-14-26-16-17)27-15-13-25(19)20-22-9-3-10-23-20/h1-5,9-10,17H,6-8,11-16H2. The van der Waals surface area contributed by atoms with E-state index in [1.807, 2.05) is 6.07 Å². The van der Waals surface area contributed by atoms with Gasteiger partial charge in [-0.25, -0.2) is 9.97 Å². The van der Waals surface area contributed by atoms with Crippen LogP contribution in [0.3, 0.4) is 0 Å². The molecule has 2 aromatic rings. The Kier molecular flexibility index (Phi) is 4.55. The number of hydrogen-bond acceptors (Lipinski definition) is 6. The molecule has 2 fully saturated rings. The maximum absolute atomic E-state index is 6.57. The molecule has 1 unspecified atom stereocenters. The minimum atomic E-state index is -0.212. The normalized spacial score (nSPS) is 25.3. The summed E-state index contributed by atoms with van der Waals surface area (Å²) < 4.78 is 12.2. The molecule has 1 aromatic heterocycles. The van der Waals surface area contributed by atoms with Crippen LogP contribution in [0.25, 0.3) is 0 Å². The fraction of sp³-hybridized carbons (Fsp3) is 0.524. The van der Waals surface area contributed by atoms with Crippen LogP contribution in [0, 0.1) is 0 Å². The van der Waals surface area contributed by atoms with Crippen LogP contribution >= 0.6 is 0 Å². The van der Waals surface area contributed by atoms with E-state index in [1.54, 1.807) is 12.4 Å². The molecule has 6 nitrogen and oxygen atoms in total. The van der Waals surface area contributed by atoms with E-state index in [4.69, 9.17) is 9.47 Å². The van der Waals surface area contributed by atoms with Crippen molar-refractivity contribution in [2.45, 2.75) is 30.9 Å². The van der Waals surface area contributed by atoms with Gasteiger partial charge in [0.2, 0.25) is 5.95 Å². The largest absolute Gasteiger partial charge is 0.380 e. The lowest BCUT2D eigenvalue weighted by molar-refractivity contribution is -0.0891. The van der Waals surface area contributed by atoms with Crippen molar-refractivity contribution in [1.29, 1.82) is 0 Å². The Bertz CT molecular complexity index is 771. The molecule has 0 bridgehead atoms. The van der Waals surface area contributed by atoms with Crippen LogP contribution in [0.1, 0.15) is 24.8 Å². The van der Waals surface area contributed by atoms with Gasteiger partial charge in [0.05, 0.1) is 24.5 Å². The highest BCUT2D eigenvalue weighted by Crippen LogP contribution is 2.44. The van der Waals surface area contributed by atoms with E-state index in [0.29, 0.717) is 12.6 Å². The van der Waals surface area contributed by atoms with Gasteiger partial charge in [-0.3, -0.25) is 4.90 Å². The first-order valence-corrected chi connectivity index (χ1v) is 9.96. The molecular formula is C21H26N4O2. The molecular weight excluding hydrogens is 340 g/mol. The molecule has 0 aliphatic carbocycles. The summed E-state index contributed by atoms with van der Waals surface area (Å²) in [5.41, 5.74) is 2.24. The first kappa shape index (κ1) is 17.1. The third kappa shape index (κ3) is 3.12. The molecule has 1 aromatic carbocycles. The Morgan fingerprint density at radius 2 is 1.78 bits per heavy atom. The van der Waals surface area contributed by atoms with E-state index in [-0.39, 0.29) is 5.60 Å². The summed E-state index contributed by atoms with van der Waals surface area (Å²) in [7, 11) is 0. The van der Waals surface area contributed by atoms with E-state index in [1.165, 1.54) is 11.3 Å². The lowest BCUT2D eigenvalue weighted by Gasteiger charge is -2.43. The molecule has 27 heavy (non-hydrogen) atoms. The first-order chi connectivity index (χ1) is 13.4. The highest BCUT2D eigenvalue weighted by atomic mass is 16.5. The second-order valence-corrected chi connectivity index (χ2v) is 7.61. The Hall–Kier alpha value is -2.02. The molecule has 3 aliphatic rings. The number of rotatable bonds is 2. The zero-order valence-corrected chi connectivity index (χ0v) is 15.6. The molecule has 1 atom stereocenters. The summed E-state index contributed by atoms with van der Waals surface area (Å²) in [5, 5.41) is 0. The number of ether oxygens (including phenoxy) is 2. The molecule has 0 amide bonds. The van der Waals surface area contributed by atoms with Gasteiger partial charge in [0.15, 0.2) is 0 Å². The van der Waals surface area contributed by atoms with Crippen LogP contribution < -0.4 is 4.90 Å². The topological polar surface area (TPSA) is 50.7 Å². The minimum absolute atomic E-state index is 0.212. The minimum Gasteiger partial charge on any atom is -0.380 e. The van der Waals surface area contributed by atoms with Gasteiger partial charge >= 0.3 is 0 Å². The monoisotopic (exact) mass is 366 g/mol. The quantitative estimate of drug-likeness (QED) is 0.815. The molecule has 3 aliphatic heterocycles. The van der Waals surface area contributed by atoms with Gasteiger partial charge in [-0.15, -0.1) is 0 Å². The number of aromatic nitrogens is 2. The van der Waals surface area contributed by atoms with E-state index < -0.39 is 0 Å². The van der Waals surface area contributed by atoms with Crippen LogP contribution in [-0.4, -0.2) is 60.4 Å². The Morgan fingerprint density at radius 3 is 2.56 bits per heavy atom. The average molecular weight is 366 g/mol.